The molecule has 0 N–H and O–H groups in total. The van der Waals surface area contributed by atoms with E-state index < -0.39 is 0 Å². The highest BCUT2D eigenvalue weighted by Gasteiger charge is 2.20. The quantitative estimate of drug-likeness (QED) is 0.269. The first-order chi connectivity index (χ1) is 16.8. The Hall–Kier alpha value is -4.17. The fourth-order valence-corrected chi connectivity index (χ4v) is 5.70. The van der Waals surface area contributed by atoms with Crippen molar-refractivity contribution in [2.75, 3.05) is 0 Å². The van der Waals surface area contributed by atoms with Gasteiger partial charge in [0.15, 0.2) is 0 Å². The van der Waals surface area contributed by atoms with Gasteiger partial charge >= 0.3 is 0 Å². The normalized spacial score (nSPS) is 12.6. The van der Waals surface area contributed by atoms with E-state index in [1.165, 1.54) is 44.2 Å². The molecular formula is C32H24N2. The molecule has 1 aliphatic rings. The summed E-state index contributed by atoms with van der Waals surface area (Å²) in [6.45, 7) is 2.07. The average molecular weight is 437 g/mol. The van der Waals surface area contributed by atoms with Gasteiger partial charge in [-0.25, -0.2) is 4.98 Å². The highest BCUT2D eigenvalue weighted by atomic mass is 15.1. The molecule has 5 aromatic carbocycles. The molecule has 0 atom stereocenters. The van der Waals surface area contributed by atoms with Gasteiger partial charge in [0, 0.05) is 5.69 Å². The van der Waals surface area contributed by atoms with E-state index in [4.69, 9.17) is 4.98 Å². The van der Waals surface area contributed by atoms with Crippen LogP contribution >= 0.6 is 0 Å². The van der Waals surface area contributed by atoms with Gasteiger partial charge in [-0.15, -0.1) is 0 Å². The Morgan fingerprint density at radius 2 is 1.35 bits per heavy atom. The van der Waals surface area contributed by atoms with Crippen molar-refractivity contribution < 1.29 is 0 Å². The molecule has 0 aliphatic heterocycles. The molecule has 0 spiro atoms. The predicted octanol–water partition coefficient (Wildman–Crippen LogP) is 7.92. The van der Waals surface area contributed by atoms with Crippen molar-refractivity contribution >= 4 is 21.8 Å². The van der Waals surface area contributed by atoms with Crippen molar-refractivity contribution in [3.63, 3.8) is 0 Å². The summed E-state index contributed by atoms with van der Waals surface area (Å²) in [7, 11) is 0. The van der Waals surface area contributed by atoms with Crippen molar-refractivity contribution in [1.29, 1.82) is 0 Å². The van der Waals surface area contributed by atoms with Crippen LogP contribution in [0.1, 0.15) is 17.0 Å². The van der Waals surface area contributed by atoms with E-state index in [1.54, 1.807) is 0 Å². The van der Waals surface area contributed by atoms with Crippen LogP contribution in [0.4, 0.5) is 0 Å². The molecular weight excluding hydrogens is 412 g/mol. The predicted molar refractivity (Wildman–Crippen MR) is 142 cm³/mol. The maximum Gasteiger partial charge on any atom is 0.111 e. The number of fused-ring (bicyclic) bond motifs is 6. The zero-order chi connectivity index (χ0) is 22.6. The standard InChI is InChI=1S/C32H24N2/c1-21-33-30-12-6-7-13-31(30)34(21)25-18-16-23(17-19-25)29-20-24-15-14-22-8-2-3-9-26(22)32(24)28-11-5-4-10-27(28)29/h2-13,16-20H,14-15H2,1H3. The minimum Gasteiger partial charge on any atom is -0.297 e. The topological polar surface area (TPSA) is 17.8 Å². The number of aromatic nitrogens is 2. The van der Waals surface area contributed by atoms with Gasteiger partial charge in [-0.3, -0.25) is 4.57 Å². The molecule has 0 saturated carbocycles. The minimum absolute atomic E-state index is 1.01. The number of hydrogen-bond donors (Lipinski definition) is 0. The summed E-state index contributed by atoms with van der Waals surface area (Å²) in [6, 6.07) is 37.5. The van der Waals surface area contributed by atoms with Gasteiger partial charge in [-0.1, -0.05) is 72.8 Å². The number of hydrogen-bond acceptors (Lipinski definition) is 1. The van der Waals surface area contributed by atoms with Crippen LogP contribution in [0.15, 0.2) is 103 Å². The second kappa shape index (κ2) is 7.43. The van der Waals surface area contributed by atoms with Gasteiger partial charge in [-0.2, -0.15) is 0 Å². The van der Waals surface area contributed by atoms with Crippen molar-refractivity contribution in [3.05, 3.63) is 120 Å². The Morgan fingerprint density at radius 3 is 2.24 bits per heavy atom. The lowest BCUT2D eigenvalue weighted by Crippen LogP contribution is -2.05. The Labute approximate surface area is 199 Å². The van der Waals surface area contributed by atoms with E-state index in [1.807, 2.05) is 6.07 Å². The molecule has 0 fully saturated rings. The van der Waals surface area contributed by atoms with Crippen molar-refractivity contribution in [1.82, 2.24) is 9.55 Å². The Bertz CT molecular complexity index is 1700. The van der Waals surface area contributed by atoms with Gasteiger partial charge in [-0.05, 0) is 94.3 Å². The second-order valence-corrected chi connectivity index (χ2v) is 9.19. The number of nitrogens with zero attached hydrogens (tertiary/aromatic N) is 2. The lowest BCUT2D eigenvalue weighted by atomic mass is 9.80. The number of imidazole rings is 1. The minimum atomic E-state index is 1.01. The van der Waals surface area contributed by atoms with Gasteiger partial charge in [0.1, 0.15) is 5.82 Å². The Balaban J connectivity index is 1.40. The van der Waals surface area contributed by atoms with Gasteiger partial charge in [0.2, 0.25) is 0 Å². The Kier molecular flexibility index (Phi) is 4.22. The fourth-order valence-electron chi connectivity index (χ4n) is 5.70. The summed E-state index contributed by atoms with van der Waals surface area (Å²) in [5, 5.41) is 2.66. The maximum absolute atomic E-state index is 4.74. The van der Waals surface area contributed by atoms with Crippen LogP contribution in [0.5, 0.6) is 0 Å². The molecule has 1 aromatic heterocycles. The zero-order valence-electron chi connectivity index (χ0n) is 19.1. The lowest BCUT2D eigenvalue weighted by Gasteiger charge is -2.23. The smallest absolute Gasteiger partial charge is 0.111 e. The second-order valence-electron chi connectivity index (χ2n) is 9.19. The van der Waals surface area contributed by atoms with E-state index in [0.29, 0.717) is 0 Å². The molecule has 34 heavy (non-hydrogen) atoms. The highest BCUT2D eigenvalue weighted by molar-refractivity contribution is 6.07. The SMILES string of the molecule is Cc1nc2ccccc2n1-c1ccc(-c2cc3c(c4ccccc24)-c2ccccc2CC3)cc1. The molecule has 1 heterocycles. The molecule has 0 unspecified atom stereocenters. The first-order valence-electron chi connectivity index (χ1n) is 12.0. The van der Waals surface area contributed by atoms with Gasteiger partial charge in [0.25, 0.3) is 0 Å². The van der Waals surface area contributed by atoms with E-state index in [9.17, 15) is 0 Å². The highest BCUT2D eigenvalue weighted by Crippen LogP contribution is 2.42. The number of para-hydroxylation sites is 2. The molecule has 2 heteroatoms. The van der Waals surface area contributed by atoms with E-state index in [2.05, 4.69) is 109 Å². The maximum atomic E-state index is 4.74. The van der Waals surface area contributed by atoms with E-state index in [0.717, 1.165) is 35.4 Å². The molecule has 7 rings (SSSR count). The molecule has 0 radical (unpaired) electrons. The molecule has 1 aliphatic carbocycles. The average Bonchev–Trinajstić information content (AvgIpc) is 3.23. The monoisotopic (exact) mass is 436 g/mol. The van der Waals surface area contributed by atoms with Crippen LogP contribution in [0.3, 0.4) is 0 Å². The first kappa shape index (κ1) is 19.3. The van der Waals surface area contributed by atoms with Crippen LogP contribution < -0.4 is 0 Å². The third kappa shape index (κ3) is 2.85. The van der Waals surface area contributed by atoms with Gasteiger partial charge in [0.05, 0.1) is 11.0 Å². The largest absolute Gasteiger partial charge is 0.297 e. The summed E-state index contributed by atoms with van der Waals surface area (Å²) in [4.78, 5) is 4.74. The number of rotatable bonds is 2. The van der Waals surface area contributed by atoms with Crippen molar-refractivity contribution in [2.45, 2.75) is 19.8 Å². The molecule has 162 valence electrons. The van der Waals surface area contributed by atoms with Crippen LogP contribution in [0, 0.1) is 6.92 Å². The summed E-state index contributed by atoms with van der Waals surface area (Å²) in [5.41, 5.74) is 11.6. The van der Waals surface area contributed by atoms with Crippen LogP contribution in [-0.2, 0) is 12.8 Å². The van der Waals surface area contributed by atoms with Gasteiger partial charge < -0.3 is 0 Å². The van der Waals surface area contributed by atoms with Crippen molar-refractivity contribution in [2.24, 2.45) is 0 Å². The van der Waals surface area contributed by atoms with E-state index >= 15 is 0 Å². The summed E-state index contributed by atoms with van der Waals surface area (Å²) in [5.74, 6) is 1.01. The summed E-state index contributed by atoms with van der Waals surface area (Å²) >= 11 is 0. The van der Waals surface area contributed by atoms with Crippen LogP contribution in [0.25, 0.3) is 49.7 Å². The lowest BCUT2D eigenvalue weighted by molar-refractivity contribution is 0.945. The third-order valence-electron chi connectivity index (χ3n) is 7.24. The molecule has 6 aromatic rings. The first-order valence-corrected chi connectivity index (χ1v) is 12.0. The van der Waals surface area contributed by atoms with Crippen LogP contribution in [-0.4, -0.2) is 9.55 Å². The summed E-state index contributed by atoms with van der Waals surface area (Å²) < 4.78 is 2.24. The Morgan fingerprint density at radius 1 is 0.647 bits per heavy atom. The zero-order valence-corrected chi connectivity index (χ0v) is 19.1. The van der Waals surface area contributed by atoms with E-state index in [-0.39, 0.29) is 0 Å². The van der Waals surface area contributed by atoms with Crippen LogP contribution in [0.2, 0.25) is 0 Å². The molecule has 0 saturated heterocycles. The molecule has 0 bridgehead atoms. The fraction of sp³-hybridized carbons (Fsp3) is 0.0938. The number of benzene rings is 5. The molecule has 0 amide bonds. The third-order valence-corrected chi connectivity index (χ3v) is 7.24. The molecule has 2 nitrogen and oxygen atoms in total. The van der Waals surface area contributed by atoms with Crippen molar-refractivity contribution in [3.8, 4) is 27.9 Å². The summed E-state index contributed by atoms with van der Waals surface area (Å²) in [6.07, 6.45) is 2.19. The number of aryl methyl sites for hydroxylation is 3.